The number of esters is 1. The molecule has 4 aliphatic rings. The van der Waals surface area contributed by atoms with Gasteiger partial charge in [0, 0.05) is 0 Å². The zero-order valence-electron chi connectivity index (χ0n) is 16.9. The van der Waals surface area contributed by atoms with Crippen molar-refractivity contribution in [1.29, 1.82) is 0 Å². The van der Waals surface area contributed by atoms with Crippen LogP contribution in [0.5, 0.6) is 5.75 Å². The number of aliphatic hydroxyl groups excluding tert-OH is 1. The highest BCUT2D eigenvalue weighted by atomic mass is 16.5. The van der Waals surface area contributed by atoms with E-state index in [9.17, 15) is 9.90 Å². The zero-order valence-corrected chi connectivity index (χ0v) is 16.9. The predicted octanol–water partition coefficient (Wildman–Crippen LogP) is 5.12. The first kappa shape index (κ1) is 17.7. The Morgan fingerprint density at radius 1 is 1.14 bits per heavy atom. The summed E-state index contributed by atoms with van der Waals surface area (Å²) >= 11 is 0. The fraction of sp³-hybridized carbons (Fsp3) is 0.500. The summed E-state index contributed by atoms with van der Waals surface area (Å²) in [5.74, 6) is 2.39. The molecule has 3 saturated carbocycles. The summed E-state index contributed by atoms with van der Waals surface area (Å²) in [6.45, 7) is 2.36. The topological polar surface area (TPSA) is 46.5 Å². The summed E-state index contributed by atoms with van der Waals surface area (Å²) in [6.07, 6.45) is 6.78. The number of ether oxygens (including phenoxy) is 1. The van der Waals surface area contributed by atoms with E-state index in [1.165, 1.54) is 30.4 Å². The Morgan fingerprint density at radius 2 is 1.97 bits per heavy atom. The smallest absolute Gasteiger partial charge is 0.343 e. The maximum Gasteiger partial charge on any atom is 0.343 e. The molecule has 1 spiro atoms. The van der Waals surface area contributed by atoms with Crippen molar-refractivity contribution in [2.45, 2.75) is 57.5 Å². The van der Waals surface area contributed by atoms with Gasteiger partial charge in [0.15, 0.2) is 0 Å². The number of fused-ring (bicyclic) bond motifs is 3. The lowest BCUT2D eigenvalue weighted by molar-refractivity contribution is -0.0558. The molecule has 0 aliphatic heterocycles. The highest BCUT2D eigenvalue weighted by Gasteiger charge is 2.76. The molecule has 2 aromatic carbocycles. The van der Waals surface area contributed by atoms with Crippen LogP contribution in [0.2, 0.25) is 0 Å². The molecule has 1 N–H and O–H groups in total. The van der Waals surface area contributed by atoms with Gasteiger partial charge in [0.2, 0.25) is 0 Å². The number of benzene rings is 2. The summed E-state index contributed by atoms with van der Waals surface area (Å²) in [6, 6.07) is 15.4. The van der Waals surface area contributed by atoms with Gasteiger partial charge in [-0.2, -0.15) is 0 Å². The van der Waals surface area contributed by atoms with E-state index in [1.54, 1.807) is 12.1 Å². The quantitative estimate of drug-likeness (QED) is 0.573. The van der Waals surface area contributed by atoms with Gasteiger partial charge < -0.3 is 9.84 Å². The van der Waals surface area contributed by atoms with Gasteiger partial charge in [0.25, 0.3) is 0 Å². The van der Waals surface area contributed by atoms with Crippen molar-refractivity contribution >= 4 is 5.97 Å². The zero-order chi connectivity index (χ0) is 19.8. The molecule has 2 aromatic rings. The van der Waals surface area contributed by atoms with E-state index in [0.717, 1.165) is 25.2 Å². The van der Waals surface area contributed by atoms with Gasteiger partial charge in [-0.05, 0) is 103 Å². The Morgan fingerprint density at radius 3 is 2.79 bits per heavy atom. The first-order chi connectivity index (χ1) is 14.0. The fourth-order valence-corrected chi connectivity index (χ4v) is 7.58. The third-order valence-corrected chi connectivity index (χ3v) is 9.04. The van der Waals surface area contributed by atoms with Crippen molar-refractivity contribution in [3.8, 4) is 5.75 Å². The SMILES string of the molecule is C[C@]12CC[C@@H]3c4ccc(OC(=O)c5ccccc5)cc4CC[C@H]3[C@@]13C[C@H]3C[C@@H]2O. The van der Waals surface area contributed by atoms with Gasteiger partial charge in [-0.15, -0.1) is 0 Å². The average Bonchev–Trinajstić information content (AvgIpc) is 3.40. The monoisotopic (exact) mass is 388 g/mol. The summed E-state index contributed by atoms with van der Waals surface area (Å²) in [5.41, 5.74) is 3.90. The molecule has 3 heteroatoms. The maximum absolute atomic E-state index is 12.4. The van der Waals surface area contributed by atoms with Crippen molar-refractivity contribution in [2.24, 2.45) is 22.7 Å². The standard InChI is InChI=1S/C26H28O3/c1-25-12-11-21-20-9-8-19(29-24(28)16-5-3-2-4-6-16)13-17(20)7-10-22(21)26(25)15-18(26)14-23(25)27/h2-6,8-9,13,18,21-23,27H,7,10-12,14-15H2,1H3/t18-,21-,22-,23+,25-,26+/m1/s1. The lowest BCUT2D eigenvalue weighted by Crippen LogP contribution is -2.47. The molecule has 29 heavy (non-hydrogen) atoms. The molecule has 0 amide bonds. The van der Waals surface area contributed by atoms with Gasteiger partial charge >= 0.3 is 5.97 Å². The van der Waals surface area contributed by atoms with Gasteiger partial charge in [-0.1, -0.05) is 31.2 Å². The number of carbonyl (C=O) groups excluding carboxylic acids is 1. The van der Waals surface area contributed by atoms with Crippen LogP contribution in [0.4, 0.5) is 0 Å². The second-order valence-corrected chi connectivity index (χ2v) is 10.0. The Balaban J connectivity index is 1.27. The number of aryl methyl sites for hydroxylation is 1. The molecule has 4 aliphatic carbocycles. The average molecular weight is 389 g/mol. The third-order valence-electron chi connectivity index (χ3n) is 9.04. The van der Waals surface area contributed by atoms with Crippen molar-refractivity contribution in [3.05, 3.63) is 65.2 Å². The van der Waals surface area contributed by atoms with Gasteiger partial charge in [0.1, 0.15) is 5.75 Å². The molecular formula is C26H28O3. The van der Waals surface area contributed by atoms with Crippen LogP contribution in [0.3, 0.4) is 0 Å². The Labute approximate surface area is 172 Å². The van der Waals surface area contributed by atoms with Gasteiger partial charge in [0.05, 0.1) is 11.7 Å². The van der Waals surface area contributed by atoms with E-state index < -0.39 is 0 Å². The van der Waals surface area contributed by atoms with Crippen molar-refractivity contribution in [1.82, 2.24) is 0 Å². The van der Waals surface area contributed by atoms with Crippen LogP contribution in [0.25, 0.3) is 0 Å². The Kier molecular flexibility index (Phi) is 3.63. The van der Waals surface area contributed by atoms with Crippen LogP contribution >= 0.6 is 0 Å². The summed E-state index contributed by atoms with van der Waals surface area (Å²) in [7, 11) is 0. The molecule has 0 radical (unpaired) electrons. The first-order valence-electron chi connectivity index (χ1n) is 11.1. The second-order valence-electron chi connectivity index (χ2n) is 10.0. The molecule has 0 unspecified atom stereocenters. The summed E-state index contributed by atoms with van der Waals surface area (Å²) in [4.78, 5) is 12.4. The number of rotatable bonds is 2. The van der Waals surface area contributed by atoms with Crippen LogP contribution in [0.1, 0.15) is 66.4 Å². The summed E-state index contributed by atoms with van der Waals surface area (Å²) < 4.78 is 5.66. The van der Waals surface area contributed by atoms with E-state index in [0.29, 0.717) is 28.6 Å². The normalized spacial score (nSPS) is 39.0. The molecule has 3 nitrogen and oxygen atoms in total. The van der Waals surface area contributed by atoms with Gasteiger partial charge in [-0.25, -0.2) is 4.79 Å². The van der Waals surface area contributed by atoms with Crippen LogP contribution < -0.4 is 4.74 Å². The highest BCUT2D eigenvalue weighted by molar-refractivity contribution is 5.91. The highest BCUT2D eigenvalue weighted by Crippen LogP contribution is 2.81. The molecule has 150 valence electrons. The van der Waals surface area contributed by atoms with Crippen molar-refractivity contribution in [3.63, 3.8) is 0 Å². The van der Waals surface area contributed by atoms with E-state index in [4.69, 9.17) is 4.74 Å². The molecule has 6 rings (SSSR count). The number of carbonyl (C=O) groups is 1. The third kappa shape index (κ3) is 2.31. The fourth-order valence-electron chi connectivity index (χ4n) is 7.58. The molecule has 0 heterocycles. The lowest BCUT2D eigenvalue weighted by Gasteiger charge is -2.52. The van der Waals surface area contributed by atoms with Crippen molar-refractivity contribution < 1.29 is 14.6 Å². The second kappa shape index (κ2) is 5.95. The van der Waals surface area contributed by atoms with E-state index in [2.05, 4.69) is 19.1 Å². The van der Waals surface area contributed by atoms with Gasteiger partial charge in [-0.3, -0.25) is 0 Å². The van der Waals surface area contributed by atoms with Crippen molar-refractivity contribution in [2.75, 3.05) is 0 Å². The Hall–Kier alpha value is -2.13. The maximum atomic E-state index is 12.4. The predicted molar refractivity (Wildman–Crippen MR) is 111 cm³/mol. The molecule has 0 aromatic heterocycles. The molecule has 0 saturated heterocycles. The van der Waals surface area contributed by atoms with E-state index in [-0.39, 0.29) is 17.5 Å². The lowest BCUT2D eigenvalue weighted by atomic mass is 9.52. The minimum absolute atomic E-state index is 0.108. The van der Waals surface area contributed by atoms with Crippen LogP contribution in [0.15, 0.2) is 48.5 Å². The van der Waals surface area contributed by atoms with Crippen LogP contribution in [-0.4, -0.2) is 17.2 Å². The van der Waals surface area contributed by atoms with Crippen LogP contribution in [-0.2, 0) is 6.42 Å². The number of aliphatic hydroxyl groups is 1. The first-order valence-corrected chi connectivity index (χ1v) is 11.1. The number of hydrogen-bond acceptors (Lipinski definition) is 3. The summed E-state index contributed by atoms with van der Waals surface area (Å²) in [5, 5.41) is 10.7. The molecule has 6 atom stereocenters. The Bertz CT molecular complexity index is 983. The largest absolute Gasteiger partial charge is 0.423 e. The minimum Gasteiger partial charge on any atom is -0.423 e. The van der Waals surface area contributed by atoms with E-state index >= 15 is 0 Å². The number of hydrogen-bond donors (Lipinski definition) is 1. The molecular weight excluding hydrogens is 360 g/mol. The molecule has 0 bridgehead atoms. The molecule has 3 fully saturated rings. The minimum atomic E-state index is -0.299. The van der Waals surface area contributed by atoms with E-state index in [1.807, 2.05) is 24.3 Å². The van der Waals surface area contributed by atoms with Crippen LogP contribution in [0, 0.1) is 22.7 Å².